The minimum absolute atomic E-state index is 0.293. The van der Waals surface area contributed by atoms with Crippen LogP contribution in [0.3, 0.4) is 0 Å². The Labute approximate surface area is 169 Å². The summed E-state index contributed by atoms with van der Waals surface area (Å²) >= 11 is 6.03. The predicted octanol–water partition coefficient (Wildman–Crippen LogP) is 4.76. The maximum absolute atomic E-state index is 13.7. The van der Waals surface area contributed by atoms with Crippen LogP contribution < -0.4 is 10.6 Å². The Bertz CT molecular complexity index is 1310. The quantitative estimate of drug-likeness (QED) is 0.482. The van der Waals surface area contributed by atoms with E-state index in [0.29, 0.717) is 38.9 Å². The first-order chi connectivity index (χ1) is 14.1. The smallest absolute Gasteiger partial charge is 0.256 e. The van der Waals surface area contributed by atoms with Crippen LogP contribution in [0.25, 0.3) is 17.3 Å². The molecule has 1 amide bonds. The van der Waals surface area contributed by atoms with Gasteiger partial charge < -0.3 is 10.6 Å². The topological polar surface area (TPSA) is 71.3 Å². The second-order valence-corrected chi connectivity index (χ2v) is 6.95. The molecule has 0 saturated heterocycles. The number of nitrogens with zero attached hydrogens (tertiary/aromatic N) is 3. The molecule has 2 aromatic carbocycles. The number of carbonyl (C=O) groups excluding carboxylic acids is 1. The molecule has 2 N–H and O–H groups in total. The Morgan fingerprint density at radius 2 is 2.07 bits per heavy atom. The number of benzene rings is 2. The van der Waals surface area contributed by atoms with E-state index in [9.17, 15) is 9.18 Å². The van der Waals surface area contributed by atoms with Crippen molar-refractivity contribution in [2.45, 2.75) is 0 Å². The van der Waals surface area contributed by atoms with Crippen molar-refractivity contribution < 1.29 is 9.18 Å². The zero-order valence-corrected chi connectivity index (χ0v) is 15.6. The average Bonchev–Trinajstić information content (AvgIpc) is 3.23. The van der Waals surface area contributed by atoms with Crippen molar-refractivity contribution in [1.82, 2.24) is 14.6 Å². The molecule has 1 aliphatic rings. The van der Waals surface area contributed by atoms with Gasteiger partial charge in [-0.3, -0.25) is 4.79 Å². The fourth-order valence-corrected chi connectivity index (χ4v) is 3.42. The molecule has 0 aliphatic carbocycles. The molecule has 0 saturated carbocycles. The highest BCUT2D eigenvalue weighted by molar-refractivity contribution is 6.35. The third-order valence-electron chi connectivity index (χ3n) is 4.56. The molecule has 29 heavy (non-hydrogen) atoms. The summed E-state index contributed by atoms with van der Waals surface area (Å²) in [7, 11) is 0. The Morgan fingerprint density at radius 1 is 1.17 bits per heavy atom. The third-order valence-corrected chi connectivity index (χ3v) is 4.79. The van der Waals surface area contributed by atoms with Gasteiger partial charge in [0.25, 0.3) is 5.91 Å². The normalized spacial score (nSPS) is 14.3. The lowest BCUT2D eigenvalue weighted by molar-refractivity contribution is -0.110. The first-order valence-corrected chi connectivity index (χ1v) is 9.14. The van der Waals surface area contributed by atoms with E-state index < -0.39 is 5.82 Å². The van der Waals surface area contributed by atoms with Gasteiger partial charge in [-0.05, 0) is 48.5 Å². The van der Waals surface area contributed by atoms with Gasteiger partial charge >= 0.3 is 0 Å². The van der Waals surface area contributed by atoms with Crippen molar-refractivity contribution >= 4 is 52.0 Å². The summed E-state index contributed by atoms with van der Waals surface area (Å²) in [5.41, 5.74) is 3.46. The van der Waals surface area contributed by atoms with Crippen LogP contribution in [0.4, 0.5) is 21.6 Å². The molecular weight excluding hydrogens is 393 g/mol. The predicted molar refractivity (Wildman–Crippen MR) is 111 cm³/mol. The summed E-state index contributed by atoms with van der Waals surface area (Å²) in [6.45, 7) is 0. The molecule has 8 heteroatoms. The maximum atomic E-state index is 13.7. The molecule has 0 bridgehead atoms. The van der Waals surface area contributed by atoms with Crippen molar-refractivity contribution in [2.24, 2.45) is 0 Å². The molecule has 0 fully saturated rings. The summed E-state index contributed by atoms with van der Waals surface area (Å²) < 4.78 is 15.3. The van der Waals surface area contributed by atoms with Gasteiger partial charge in [0.1, 0.15) is 11.6 Å². The largest absolute Gasteiger partial charge is 0.340 e. The number of amides is 1. The van der Waals surface area contributed by atoms with Gasteiger partial charge in [-0.2, -0.15) is 5.10 Å². The first-order valence-electron chi connectivity index (χ1n) is 8.77. The van der Waals surface area contributed by atoms with Crippen LogP contribution in [0.1, 0.15) is 11.1 Å². The van der Waals surface area contributed by atoms with Crippen LogP contribution in [0.5, 0.6) is 0 Å². The Balaban J connectivity index is 1.55. The fraction of sp³-hybridized carbons (Fsp3) is 0. The molecule has 4 aromatic rings. The van der Waals surface area contributed by atoms with Crippen molar-refractivity contribution in [2.75, 3.05) is 10.6 Å². The Morgan fingerprint density at radius 3 is 2.93 bits per heavy atom. The number of hydrogen-bond donors (Lipinski definition) is 2. The van der Waals surface area contributed by atoms with E-state index in [1.807, 2.05) is 12.1 Å². The molecular formula is C21H13ClFN5O. The highest BCUT2D eigenvalue weighted by Crippen LogP contribution is 2.34. The fourth-order valence-electron chi connectivity index (χ4n) is 3.23. The van der Waals surface area contributed by atoms with Crippen LogP contribution in [0.15, 0.2) is 60.9 Å². The van der Waals surface area contributed by atoms with Crippen LogP contribution in [-0.2, 0) is 4.79 Å². The van der Waals surface area contributed by atoms with Crippen molar-refractivity contribution in [3.05, 3.63) is 82.9 Å². The lowest BCUT2D eigenvalue weighted by Crippen LogP contribution is -2.03. The number of nitrogens with one attached hydrogen (secondary N) is 2. The van der Waals surface area contributed by atoms with Crippen molar-refractivity contribution in [1.29, 1.82) is 0 Å². The maximum Gasteiger partial charge on any atom is 0.256 e. The molecule has 1 aliphatic heterocycles. The molecule has 3 heterocycles. The standard InChI is InChI=1S/C21H13ClFN5O/c22-13-2-1-3-15(9-13)25-19-6-7-28-20(27-19)12(11-24-28)8-17-16-10-14(23)4-5-18(16)26-21(17)29/h1-11H,(H,25,27)(H,26,29)/b17-8+. The summed E-state index contributed by atoms with van der Waals surface area (Å²) in [5, 5.41) is 10.8. The van der Waals surface area contributed by atoms with Gasteiger partial charge in [-0.15, -0.1) is 0 Å². The number of halogens is 2. The minimum atomic E-state index is -0.405. The molecule has 5 rings (SSSR count). The van der Waals surface area contributed by atoms with E-state index >= 15 is 0 Å². The molecule has 0 unspecified atom stereocenters. The van der Waals surface area contributed by atoms with E-state index in [0.717, 1.165) is 5.69 Å². The lowest BCUT2D eigenvalue weighted by atomic mass is 10.1. The van der Waals surface area contributed by atoms with Crippen LogP contribution in [0, 0.1) is 5.82 Å². The second-order valence-electron chi connectivity index (χ2n) is 6.52. The van der Waals surface area contributed by atoms with Gasteiger partial charge in [0.05, 0.1) is 6.20 Å². The van der Waals surface area contributed by atoms with Crippen molar-refractivity contribution in [3.8, 4) is 0 Å². The summed E-state index contributed by atoms with van der Waals surface area (Å²) in [4.78, 5) is 17.0. The highest BCUT2D eigenvalue weighted by Gasteiger charge is 2.25. The number of carbonyl (C=O) groups is 1. The zero-order valence-electron chi connectivity index (χ0n) is 14.9. The highest BCUT2D eigenvalue weighted by atomic mass is 35.5. The van der Waals surface area contributed by atoms with E-state index in [-0.39, 0.29) is 5.91 Å². The van der Waals surface area contributed by atoms with Crippen LogP contribution in [-0.4, -0.2) is 20.5 Å². The Hall–Kier alpha value is -3.71. The molecule has 0 spiro atoms. The van der Waals surface area contributed by atoms with Gasteiger partial charge in [-0.1, -0.05) is 17.7 Å². The average molecular weight is 406 g/mol. The van der Waals surface area contributed by atoms with Gasteiger partial charge in [0.15, 0.2) is 5.65 Å². The minimum Gasteiger partial charge on any atom is -0.340 e. The number of rotatable bonds is 3. The molecule has 0 radical (unpaired) electrons. The van der Waals surface area contributed by atoms with Gasteiger partial charge in [-0.25, -0.2) is 13.9 Å². The van der Waals surface area contributed by atoms with E-state index in [4.69, 9.17) is 11.6 Å². The Kier molecular flexibility index (Phi) is 4.03. The lowest BCUT2D eigenvalue weighted by Gasteiger charge is -2.06. The van der Waals surface area contributed by atoms with E-state index in [1.165, 1.54) is 12.1 Å². The number of aromatic nitrogens is 3. The number of hydrogen-bond acceptors (Lipinski definition) is 4. The van der Waals surface area contributed by atoms with E-state index in [1.54, 1.807) is 47.3 Å². The monoisotopic (exact) mass is 405 g/mol. The summed E-state index contributed by atoms with van der Waals surface area (Å²) in [5.74, 6) is -0.0995. The summed E-state index contributed by atoms with van der Waals surface area (Å²) in [6.07, 6.45) is 5.04. The molecule has 2 aromatic heterocycles. The van der Waals surface area contributed by atoms with Crippen molar-refractivity contribution in [3.63, 3.8) is 0 Å². The molecule has 142 valence electrons. The zero-order chi connectivity index (χ0) is 20.0. The van der Waals surface area contributed by atoms with Crippen LogP contribution in [0.2, 0.25) is 5.02 Å². The molecule has 6 nitrogen and oxygen atoms in total. The van der Waals surface area contributed by atoms with Gasteiger partial charge in [0, 0.05) is 39.3 Å². The number of anilines is 3. The third kappa shape index (κ3) is 3.21. The first kappa shape index (κ1) is 17.4. The molecule has 0 atom stereocenters. The van der Waals surface area contributed by atoms with E-state index in [2.05, 4.69) is 20.7 Å². The SMILES string of the molecule is O=C1Nc2ccc(F)cc2/C1=C\c1cnn2ccc(Nc3cccc(Cl)c3)nc12. The van der Waals surface area contributed by atoms with Gasteiger partial charge in [0.2, 0.25) is 0 Å². The second kappa shape index (κ2) is 6.72. The van der Waals surface area contributed by atoms with Crippen LogP contribution >= 0.6 is 11.6 Å². The summed E-state index contributed by atoms with van der Waals surface area (Å²) in [6, 6.07) is 13.3. The number of fused-ring (bicyclic) bond motifs is 2.